The van der Waals surface area contributed by atoms with Crippen LogP contribution in [0.25, 0.3) is 10.9 Å². The van der Waals surface area contributed by atoms with Crippen LogP contribution in [0.4, 0.5) is 0 Å². The summed E-state index contributed by atoms with van der Waals surface area (Å²) in [4.78, 5) is 13.2. The number of nitrogens with two attached hydrogens (primary N) is 1. The Balaban J connectivity index is 1.62. The Morgan fingerprint density at radius 3 is 2.31 bits per heavy atom. The number of fused-ring (bicyclic) bond motifs is 1. The highest BCUT2D eigenvalue weighted by molar-refractivity contribution is 7.90. The largest absolute Gasteiger partial charge is 0.348 e. The van der Waals surface area contributed by atoms with Crippen LogP contribution >= 0.6 is 0 Å². The quantitative estimate of drug-likeness (QED) is 0.444. The van der Waals surface area contributed by atoms with Gasteiger partial charge in [0, 0.05) is 24.2 Å². The number of para-hydroxylation sites is 1. The van der Waals surface area contributed by atoms with Gasteiger partial charge >= 0.3 is 0 Å². The summed E-state index contributed by atoms with van der Waals surface area (Å²) in [5, 5.41) is 3.47. The van der Waals surface area contributed by atoms with Crippen LogP contribution in [0.3, 0.4) is 0 Å². The minimum Gasteiger partial charge on any atom is -0.348 e. The Hall–Kier alpha value is -3.42. The van der Waals surface area contributed by atoms with Gasteiger partial charge in [-0.05, 0) is 35.7 Å². The maximum absolute atomic E-state index is 13.2. The molecule has 32 heavy (non-hydrogen) atoms. The first-order valence-corrected chi connectivity index (χ1v) is 11.9. The third kappa shape index (κ3) is 4.17. The minimum atomic E-state index is -3.84. The second kappa shape index (κ2) is 8.98. The summed E-state index contributed by atoms with van der Waals surface area (Å²) in [5.41, 5.74) is 8.81. The van der Waals surface area contributed by atoms with Crippen LogP contribution in [-0.2, 0) is 16.6 Å². The first kappa shape index (κ1) is 21.8. The van der Waals surface area contributed by atoms with E-state index in [1.807, 2.05) is 31.2 Å². The molecule has 164 valence electrons. The molecule has 1 unspecified atom stereocenters. The molecule has 4 aromatic rings. The molecule has 1 atom stereocenters. The lowest BCUT2D eigenvalue weighted by molar-refractivity contribution is 0.0952. The van der Waals surface area contributed by atoms with E-state index in [-0.39, 0.29) is 16.8 Å². The highest BCUT2D eigenvalue weighted by Gasteiger charge is 2.23. The lowest BCUT2D eigenvalue weighted by Crippen LogP contribution is -2.22. The second-order valence-corrected chi connectivity index (χ2v) is 9.43. The predicted octanol–water partition coefficient (Wildman–Crippen LogP) is 4.22. The molecule has 0 aliphatic carbocycles. The zero-order chi connectivity index (χ0) is 22.7. The van der Waals surface area contributed by atoms with E-state index < -0.39 is 10.0 Å². The van der Waals surface area contributed by atoms with E-state index in [9.17, 15) is 13.2 Å². The van der Waals surface area contributed by atoms with Crippen molar-refractivity contribution in [2.45, 2.75) is 30.8 Å². The van der Waals surface area contributed by atoms with Gasteiger partial charge in [0.15, 0.2) is 0 Å². The van der Waals surface area contributed by atoms with Crippen LogP contribution < -0.4 is 11.1 Å². The van der Waals surface area contributed by atoms with E-state index in [4.69, 9.17) is 5.73 Å². The molecular weight excluding hydrogens is 422 g/mol. The highest BCUT2D eigenvalue weighted by Crippen LogP contribution is 2.26. The number of benzene rings is 3. The van der Waals surface area contributed by atoms with Crippen molar-refractivity contribution in [2.75, 3.05) is 0 Å². The van der Waals surface area contributed by atoms with Gasteiger partial charge in [-0.15, -0.1) is 0 Å². The van der Waals surface area contributed by atoms with Crippen LogP contribution in [0, 0.1) is 0 Å². The standard InChI is InChI=1S/C25H25N3O3S/c1-2-23(26)19-14-12-18(13-15-19)16-27-25(29)22-17-28(24-11-7-6-10-21(22)24)32(30,31)20-8-4-3-5-9-20/h3-15,17,23H,2,16,26H2,1H3,(H,27,29). The van der Waals surface area contributed by atoms with Crippen LogP contribution in [0.15, 0.2) is 90.0 Å². The maximum Gasteiger partial charge on any atom is 0.268 e. The second-order valence-electron chi connectivity index (χ2n) is 7.61. The number of hydrogen-bond acceptors (Lipinski definition) is 4. The summed E-state index contributed by atoms with van der Waals surface area (Å²) >= 11 is 0. The minimum absolute atomic E-state index is 0.00339. The summed E-state index contributed by atoms with van der Waals surface area (Å²) in [6.45, 7) is 2.36. The van der Waals surface area contributed by atoms with Gasteiger partial charge in [-0.2, -0.15) is 0 Å². The molecule has 3 aromatic carbocycles. The van der Waals surface area contributed by atoms with E-state index in [0.717, 1.165) is 17.5 Å². The normalized spacial score (nSPS) is 12.6. The molecule has 6 nitrogen and oxygen atoms in total. The van der Waals surface area contributed by atoms with Crippen molar-refractivity contribution in [2.24, 2.45) is 5.73 Å². The van der Waals surface area contributed by atoms with Crippen molar-refractivity contribution >= 4 is 26.8 Å². The average molecular weight is 448 g/mol. The monoisotopic (exact) mass is 447 g/mol. The van der Waals surface area contributed by atoms with Crippen molar-refractivity contribution in [3.63, 3.8) is 0 Å². The van der Waals surface area contributed by atoms with Crippen LogP contribution in [0.1, 0.15) is 40.9 Å². The van der Waals surface area contributed by atoms with Crippen molar-refractivity contribution in [1.82, 2.24) is 9.29 Å². The van der Waals surface area contributed by atoms with Gasteiger partial charge in [0.2, 0.25) is 0 Å². The van der Waals surface area contributed by atoms with Crippen LogP contribution in [0.5, 0.6) is 0 Å². The number of carbonyl (C=O) groups is 1. The fraction of sp³-hybridized carbons (Fsp3) is 0.160. The summed E-state index contributed by atoms with van der Waals surface area (Å²) in [6, 6.07) is 23.0. The fourth-order valence-corrected chi connectivity index (χ4v) is 5.02. The fourth-order valence-electron chi connectivity index (χ4n) is 3.63. The molecule has 4 rings (SSSR count). The number of nitrogens with one attached hydrogen (secondary N) is 1. The number of aromatic nitrogens is 1. The van der Waals surface area contributed by atoms with E-state index in [0.29, 0.717) is 23.0 Å². The van der Waals surface area contributed by atoms with Crippen molar-refractivity contribution < 1.29 is 13.2 Å². The SMILES string of the molecule is CCC(N)c1ccc(CNC(=O)c2cn(S(=O)(=O)c3ccccc3)c3ccccc23)cc1. The summed E-state index contributed by atoms with van der Waals surface area (Å²) in [7, 11) is -3.84. The average Bonchev–Trinajstić information content (AvgIpc) is 3.23. The topological polar surface area (TPSA) is 94.2 Å². The molecule has 0 saturated carbocycles. The van der Waals surface area contributed by atoms with Gasteiger partial charge in [-0.3, -0.25) is 4.79 Å². The van der Waals surface area contributed by atoms with Crippen molar-refractivity contribution in [3.8, 4) is 0 Å². The summed E-state index contributed by atoms with van der Waals surface area (Å²) in [5.74, 6) is -0.336. The molecule has 0 aliphatic rings. The van der Waals surface area contributed by atoms with E-state index in [2.05, 4.69) is 5.32 Å². The van der Waals surface area contributed by atoms with E-state index >= 15 is 0 Å². The van der Waals surface area contributed by atoms with Gasteiger partial charge in [-0.1, -0.05) is 67.6 Å². The number of carbonyl (C=O) groups excluding carboxylic acids is 1. The van der Waals surface area contributed by atoms with Gasteiger partial charge in [0.05, 0.1) is 16.0 Å². The summed E-state index contributed by atoms with van der Waals surface area (Å²) in [6.07, 6.45) is 2.25. The maximum atomic E-state index is 13.2. The van der Waals surface area contributed by atoms with Crippen molar-refractivity contribution in [1.29, 1.82) is 0 Å². The van der Waals surface area contributed by atoms with Crippen molar-refractivity contribution in [3.05, 3.63) is 102 Å². The highest BCUT2D eigenvalue weighted by atomic mass is 32.2. The Bertz CT molecular complexity index is 1340. The summed E-state index contributed by atoms with van der Waals surface area (Å²) < 4.78 is 27.6. The molecule has 0 fully saturated rings. The van der Waals surface area contributed by atoms with Gasteiger partial charge in [0.1, 0.15) is 0 Å². The Morgan fingerprint density at radius 2 is 1.62 bits per heavy atom. The molecule has 0 saturated heterocycles. The number of hydrogen-bond donors (Lipinski definition) is 2. The number of nitrogens with zero attached hydrogens (tertiary/aromatic N) is 1. The Kier molecular flexibility index (Phi) is 6.12. The third-order valence-corrected chi connectivity index (χ3v) is 7.21. The number of amides is 1. The lowest BCUT2D eigenvalue weighted by atomic mass is 10.0. The van der Waals surface area contributed by atoms with Gasteiger partial charge in [-0.25, -0.2) is 12.4 Å². The Labute approximate surface area is 187 Å². The molecule has 3 N–H and O–H groups in total. The van der Waals surface area contributed by atoms with Gasteiger partial charge < -0.3 is 11.1 Å². The third-order valence-electron chi connectivity index (χ3n) is 5.52. The molecule has 0 spiro atoms. The van der Waals surface area contributed by atoms with Crippen LogP contribution in [0.2, 0.25) is 0 Å². The molecule has 0 bridgehead atoms. The molecule has 0 aliphatic heterocycles. The number of rotatable bonds is 7. The van der Waals surface area contributed by atoms with Crippen LogP contribution in [-0.4, -0.2) is 18.3 Å². The lowest BCUT2D eigenvalue weighted by Gasteiger charge is -2.10. The molecule has 1 aromatic heterocycles. The first-order chi connectivity index (χ1) is 15.4. The Morgan fingerprint density at radius 1 is 0.969 bits per heavy atom. The molecule has 7 heteroatoms. The zero-order valence-electron chi connectivity index (χ0n) is 17.7. The molecular formula is C25H25N3O3S. The van der Waals surface area contributed by atoms with Gasteiger partial charge in [0.25, 0.3) is 15.9 Å². The zero-order valence-corrected chi connectivity index (χ0v) is 18.5. The smallest absolute Gasteiger partial charge is 0.268 e. The first-order valence-electron chi connectivity index (χ1n) is 10.4. The van der Waals surface area contributed by atoms with E-state index in [1.165, 1.54) is 22.3 Å². The molecule has 1 amide bonds. The van der Waals surface area contributed by atoms with E-state index in [1.54, 1.807) is 42.5 Å². The predicted molar refractivity (Wildman–Crippen MR) is 126 cm³/mol. The molecule has 1 heterocycles. The molecule has 0 radical (unpaired) electrons.